The SMILES string of the molecule is CN1CC2(CCC(N3CCN(c4ncc(F)cc4-c4cnn(C(F)F)c4)CC3)C2)C1. The summed E-state index contributed by atoms with van der Waals surface area (Å²) >= 11 is 0. The Balaban J connectivity index is 1.28. The molecule has 3 aliphatic rings. The van der Waals surface area contributed by atoms with Crippen LogP contribution < -0.4 is 4.90 Å². The number of likely N-dealkylation sites (tertiary alicyclic amines) is 1. The maximum absolute atomic E-state index is 13.9. The summed E-state index contributed by atoms with van der Waals surface area (Å²) in [5.41, 5.74) is 1.49. The molecule has 6 nitrogen and oxygen atoms in total. The second-order valence-corrected chi connectivity index (χ2v) is 9.10. The van der Waals surface area contributed by atoms with E-state index in [2.05, 4.69) is 31.8 Å². The molecule has 30 heavy (non-hydrogen) atoms. The average Bonchev–Trinajstić information content (AvgIpc) is 3.36. The van der Waals surface area contributed by atoms with Crippen LogP contribution in [0.4, 0.5) is 19.0 Å². The van der Waals surface area contributed by atoms with Gasteiger partial charge in [-0.25, -0.2) is 14.1 Å². The third-order valence-corrected chi connectivity index (χ3v) is 6.96. The Hall–Kier alpha value is -2.13. The largest absolute Gasteiger partial charge is 0.354 e. The van der Waals surface area contributed by atoms with Crippen LogP contribution in [0.25, 0.3) is 11.1 Å². The topological polar surface area (TPSA) is 40.4 Å². The van der Waals surface area contributed by atoms with Gasteiger partial charge in [-0.15, -0.1) is 0 Å². The van der Waals surface area contributed by atoms with Gasteiger partial charge in [0.1, 0.15) is 11.6 Å². The molecule has 3 fully saturated rings. The van der Waals surface area contributed by atoms with E-state index in [0.717, 1.165) is 26.2 Å². The molecular weight excluding hydrogens is 393 g/mol. The van der Waals surface area contributed by atoms with Crippen molar-refractivity contribution < 1.29 is 13.2 Å². The highest BCUT2D eigenvalue weighted by Crippen LogP contribution is 2.46. The summed E-state index contributed by atoms with van der Waals surface area (Å²) < 4.78 is 40.3. The van der Waals surface area contributed by atoms with Crippen molar-refractivity contribution in [2.75, 3.05) is 51.2 Å². The summed E-state index contributed by atoms with van der Waals surface area (Å²) in [5.74, 6) is 0.146. The maximum atomic E-state index is 13.9. The summed E-state index contributed by atoms with van der Waals surface area (Å²) in [5, 5.41) is 3.69. The molecule has 1 unspecified atom stereocenters. The Bertz CT molecular complexity index is 902. The predicted octanol–water partition coefficient (Wildman–Crippen LogP) is 3.09. The van der Waals surface area contributed by atoms with Gasteiger partial charge in [0, 0.05) is 62.6 Å². The number of anilines is 1. The lowest BCUT2D eigenvalue weighted by Gasteiger charge is -2.47. The maximum Gasteiger partial charge on any atom is 0.333 e. The van der Waals surface area contributed by atoms with E-state index in [9.17, 15) is 13.2 Å². The first-order valence-electron chi connectivity index (χ1n) is 10.6. The van der Waals surface area contributed by atoms with Crippen molar-refractivity contribution in [3.05, 3.63) is 30.5 Å². The highest BCUT2D eigenvalue weighted by Gasteiger charge is 2.48. The Morgan fingerprint density at radius 1 is 1.13 bits per heavy atom. The van der Waals surface area contributed by atoms with E-state index < -0.39 is 12.4 Å². The number of hydrogen-bond acceptors (Lipinski definition) is 5. The number of piperazine rings is 1. The molecule has 1 saturated carbocycles. The smallest absolute Gasteiger partial charge is 0.333 e. The van der Waals surface area contributed by atoms with Gasteiger partial charge < -0.3 is 9.80 Å². The summed E-state index contributed by atoms with van der Waals surface area (Å²) in [7, 11) is 2.19. The molecule has 2 aromatic rings. The van der Waals surface area contributed by atoms with Crippen molar-refractivity contribution in [1.82, 2.24) is 24.6 Å². The molecule has 1 spiro atoms. The molecule has 162 valence electrons. The Morgan fingerprint density at radius 2 is 1.90 bits per heavy atom. The fourth-order valence-electron chi connectivity index (χ4n) is 5.65. The zero-order valence-corrected chi connectivity index (χ0v) is 17.1. The van der Waals surface area contributed by atoms with Crippen LogP contribution in [-0.4, -0.2) is 76.9 Å². The number of alkyl halides is 2. The summed E-state index contributed by atoms with van der Waals surface area (Å²) in [6.07, 6.45) is 7.64. The number of rotatable bonds is 4. The standard InChI is InChI=1S/C21H27F3N6/c1-27-13-21(14-27)3-2-17(9-21)28-4-6-29(7-5-28)19-18(8-16(22)11-25-19)15-10-26-30(12-15)20(23)24/h8,10-12,17,20H,2-7,9,13-14H2,1H3. The van der Waals surface area contributed by atoms with E-state index in [0.29, 0.717) is 33.1 Å². The second kappa shape index (κ2) is 7.53. The van der Waals surface area contributed by atoms with Gasteiger partial charge in [-0.05, 0) is 37.8 Å². The monoisotopic (exact) mass is 420 g/mol. The molecule has 2 aromatic heterocycles. The first kappa shape index (κ1) is 19.8. The van der Waals surface area contributed by atoms with Crippen molar-refractivity contribution in [3.63, 3.8) is 0 Å². The van der Waals surface area contributed by atoms with Crippen LogP contribution in [0.3, 0.4) is 0 Å². The van der Waals surface area contributed by atoms with Crippen molar-refractivity contribution in [1.29, 1.82) is 0 Å². The summed E-state index contributed by atoms with van der Waals surface area (Å²) in [6, 6.07) is 2.00. The first-order chi connectivity index (χ1) is 14.4. The Labute approximate surface area is 174 Å². The molecule has 4 heterocycles. The van der Waals surface area contributed by atoms with Gasteiger partial charge in [0.2, 0.25) is 0 Å². The van der Waals surface area contributed by atoms with Crippen LogP contribution in [0.15, 0.2) is 24.7 Å². The number of pyridine rings is 1. The van der Waals surface area contributed by atoms with E-state index >= 15 is 0 Å². The van der Waals surface area contributed by atoms with E-state index in [4.69, 9.17) is 0 Å². The molecule has 9 heteroatoms. The molecule has 0 bridgehead atoms. The zero-order valence-electron chi connectivity index (χ0n) is 17.1. The Morgan fingerprint density at radius 3 is 2.57 bits per heavy atom. The quantitative estimate of drug-likeness (QED) is 0.760. The summed E-state index contributed by atoms with van der Waals surface area (Å²) in [6.45, 7) is 3.17. The molecule has 2 aliphatic heterocycles. The van der Waals surface area contributed by atoms with Crippen LogP contribution >= 0.6 is 0 Å². The third-order valence-electron chi connectivity index (χ3n) is 6.96. The highest BCUT2D eigenvalue weighted by molar-refractivity contribution is 5.75. The van der Waals surface area contributed by atoms with Gasteiger partial charge in [0.15, 0.2) is 0 Å². The van der Waals surface area contributed by atoms with Gasteiger partial charge in [0.05, 0.1) is 12.4 Å². The zero-order chi connectivity index (χ0) is 20.9. The average molecular weight is 420 g/mol. The van der Waals surface area contributed by atoms with Crippen molar-refractivity contribution in [2.45, 2.75) is 31.9 Å². The molecular formula is C21H27F3N6. The molecule has 1 atom stereocenters. The second-order valence-electron chi connectivity index (χ2n) is 9.10. The van der Waals surface area contributed by atoms with E-state index in [1.54, 1.807) is 0 Å². The van der Waals surface area contributed by atoms with Crippen LogP contribution in [0.2, 0.25) is 0 Å². The van der Waals surface area contributed by atoms with Crippen LogP contribution in [0.5, 0.6) is 0 Å². The van der Waals surface area contributed by atoms with Crippen molar-refractivity contribution in [2.24, 2.45) is 5.41 Å². The summed E-state index contributed by atoms with van der Waals surface area (Å²) in [4.78, 5) is 11.4. The van der Waals surface area contributed by atoms with Crippen molar-refractivity contribution in [3.8, 4) is 11.1 Å². The van der Waals surface area contributed by atoms with Gasteiger partial charge in [-0.2, -0.15) is 13.9 Å². The molecule has 0 amide bonds. The molecule has 5 rings (SSSR count). The molecule has 2 saturated heterocycles. The fraction of sp³-hybridized carbons (Fsp3) is 0.619. The number of halogens is 3. The minimum Gasteiger partial charge on any atom is -0.354 e. The van der Waals surface area contributed by atoms with Crippen LogP contribution in [0.1, 0.15) is 25.8 Å². The molecule has 0 aromatic carbocycles. The minimum atomic E-state index is -2.72. The van der Waals surface area contributed by atoms with E-state index in [-0.39, 0.29) is 0 Å². The third kappa shape index (κ3) is 3.58. The lowest BCUT2D eigenvalue weighted by molar-refractivity contribution is 0.0204. The number of aromatic nitrogens is 3. The lowest BCUT2D eigenvalue weighted by Crippen LogP contribution is -2.54. The van der Waals surface area contributed by atoms with Gasteiger partial charge in [-0.1, -0.05) is 0 Å². The Kier molecular flexibility index (Phi) is 4.97. The fourth-order valence-corrected chi connectivity index (χ4v) is 5.65. The first-order valence-corrected chi connectivity index (χ1v) is 10.6. The van der Waals surface area contributed by atoms with E-state index in [1.165, 1.54) is 57.0 Å². The highest BCUT2D eigenvalue weighted by atomic mass is 19.3. The van der Waals surface area contributed by atoms with Gasteiger partial charge >= 0.3 is 6.55 Å². The molecule has 1 aliphatic carbocycles. The normalized spacial score (nSPS) is 24.7. The molecule has 0 radical (unpaired) electrons. The van der Waals surface area contributed by atoms with Gasteiger partial charge in [-0.3, -0.25) is 4.90 Å². The lowest BCUT2D eigenvalue weighted by atomic mass is 9.78. The van der Waals surface area contributed by atoms with Crippen molar-refractivity contribution >= 4 is 5.82 Å². The van der Waals surface area contributed by atoms with Gasteiger partial charge in [0.25, 0.3) is 0 Å². The molecule has 0 N–H and O–H groups in total. The van der Waals surface area contributed by atoms with E-state index in [1.807, 2.05) is 0 Å². The number of nitrogens with zero attached hydrogens (tertiary/aromatic N) is 6. The van der Waals surface area contributed by atoms with Crippen LogP contribution in [-0.2, 0) is 0 Å². The van der Waals surface area contributed by atoms with Crippen LogP contribution in [0, 0.1) is 11.2 Å². The predicted molar refractivity (Wildman–Crippen MR) is 108 cm³/mol. The number of hydrogen-bond donors (Lipinski definition) is 0. The minimum absolute atomic E-state index is 0.451.